The maximum absolute atomic E-state index is 13.0. The first-order valence-electron chi connectivity index (χ1n) is 9.46. The molecular weight excluding hydrogens is 356 g/mol. The van der Waals surface area contributed by atoms with Crippen molar-refractivity contribution < 1.29 is 4.79 Å². The maximum atomic E-state index is 13.0. The fourth-order valence-electron chi connectivity index (χ4n) is 3.86. The Balaban J connectivity index is 1.51. The van der Waals surface area contributed by atoms with Crippen LogP contribution in [0.3, 0.4) is 0 Å². The summed E-state index contributed by atoms with van der Waals surface area (Å²) in [6.45, 7) is 6.34. The summed E-state index contributed by atoms with van der Waals surface area (Å²) in [6.07, 6.45) is 3.48. The summed E-state index contributed by atoms with van der Waals surface area (Å²) >= 11 is 0. The zero-order valence-corrected chi connectivity index (χ0v) is 16.4. The number of piperazine rings is 1. The molecule has 0 bridgehead atoms. The second kappa shape index (κ2) is 7.10. The smallest absolute Gasteiger partial charge is 0.277 e. The molecule has 0 N–H and O–H groups in total. The van der Waals surface area contributed by atoms with Gasteiger partial charge in [0, 0.05) is 51.0 Å². The van der Waals surface area contributed by atoms with Gasteiger partial charge in [0.15, 0.2) is 0 Å². The van der Waals surface area contributed by atoms with Crippen molar-refractivity contribution in [2.75, 3.05) is 31.1 Å². The number of aryl methyl sites for hydroxylation is 2. The Kier molecular flexibility index (Phi) is 4.62. The van der Waals surface area contributed by atoms with Crippen LogP contribution in [0.1, 0.15) is 18.7 Å². The van der Waals surface area contributed by atoms with Gasteiger partial charge in [-0.05, 0) is 32.0 Å². The summed E-state index contributed by atoms with van der Waals surface area (Å²) in [6, 6.07) is 7.13. The molecule has 146 valence electrons. The minimum Gasteiger partial charge on any atom is -0.353 e. The van der Waals surface area contributed by atoms with Crippen molar-refractivity contribution in [3.63, 3.8) is 0 Å². The standard InChI is InChI=1S/C20H24N6O2/c1-14-16-7-9-26(20(28)18(16)23(3)22-14)15(2)19(27)25-12-10-24(11-13-25)17-6-4-5-8-21-17/h4-9,15H,10-13H2,1-3H3. The molecule has 1 aliphatic rings. The minimum atomic E-state index is -0.562. The molecular formula is C20H24N6O2. The number of nitrogens with zero attached hydrogens (tertiary/aromatic N) is 6. The fraction of sp³-hybridized carbons (Fsp3) is 0.400. The van der Waals surface area contributed by atoms with Gasteiger partial charge in [-0.3, -0.25) is 14.3 Å². The highest BCUT2D eigenvalue weighted by Crippen LogP contribution is 2.18. The molecule has 8 nitrogen and oxygen atoms in total. The van der Waals surface area contributed by atoms with Gasteiger partial charge in [-0.2, -0.15) is 5.10 Å². The number of rotatable bonds is 3. The van der Waals surface area contributed by atoms with Gasteiger partial charge in [0.05, 0.1) is 5.69 Å². The monoisotopic (exact) mass is 380 g/mol. The number of aromatic nitrogens is 4. The van der Waals surface area contributed by atoms with Crippen LogP contribution >= 0.6 is 0 Å². The van der Waals surface area contributed by atoms with E-state index in [4.69, 9.17) is 0 Å². The topological polar surface area (TPSA) is 76.3 Å². The summed E-state index contributed by atoms with van der Waals surface area (Å²) in [7, 11) is 1.75. The number of hydrogen-bond donors (Lipinski definition) is 0. The van der Waals surface area contributed by atoms with Crippen LogP contribution in [-0.4, -0.2) is 56.3 Å². The quantitative estimate of drug-likeness (QED) is 0.686. The molecule has 28 heavy (non-hydrogen) atoms. The van der Waals surface area contributed by atoms with E-state index < -0.39 is 6.04 Å². The highest BCUT2D eigenvalue weighted by molar-refractivity contribution is 5.83. The number of carbonyl (C=O) groups is 1. The van der Waals surface area contributed by atoms with Crippen LogP contribution < -0.4 is 10.5 Å². The van der Waals surface area contributed by atoms with Gasteiger partial charge in [-0.1, -0.05) is 6.07 Å². The van der Waals surface area contributed by atoms with E-state index in [2.05, 4.69) is 15.0 Å². The molecule has 0 aliphatic carbocycles. The number of anilines is 1. The van der Waals surface area contributed by atoms with Crippen LogP contribution in [0.5, 0.6) is 0 Å². The van der Waals surface area contributed by atoms with Crippen molar-refractivity contribution in [1.82, 2.24) is 24.2 Å². The predicted molar refractivity (Wildman–Crippen MR) is 107 cm³/mol. The summed E-state index contributed by atoms with van der Waals surface area (Å²) in [5.74, 6) is 0.886. The molecule has 1 amide bonds. The molecule has 0 saturated carbocycles. The number of hydrogen-bond acceptors (Lipinski definition) is 5. The van der Waals surface area contributed by atoms with Gasteiger partial charge >= 0.3 is 0 Å². The second-order valence-corrected chi connectivity index (χ2v) is 7.18. The van der Waals surface area contributed by atoms with Gasteiger partial charge < -0.3 is 14.4 Å². The Morgan fingerprint density at radius 2 is 1.89 bits per heavy atom. The average molecular weight is 380 g/mol. The van der Waals surface area contributed by atoms with Gasteiger partial charge in [0.2, 0.25) is 5.91 Å². The molecule has 1 saturated heterocycles. The molecule has 1 atom stereocenters. The van der Waals surface area contributed by atoms with Crippen LogP contribution in [0.2, 0.25) is 0 Å². The van der Waals surface area contributed by atoms with Crippen molar-refractivity contribution >= 4 is 22.6 Å². The number of fused-ring (bicyclic) bond motifs is 1. The highest BCUT2D eigenvalue weighted by atomic mass is 16.2. The minimum absolute atomic E-state index is 0.0407. The van der Waals surface area contributed by atoms with Crippen LogP contribution in [-0.2, 0) is 11.8 Å². The Morgan fingerprint density at radius 1 is 1.14 bits per heavy atom. The molecule has 3 aromatic heterocycles. The first-order chi connectivity index (χ1) is 13.5. The molecule has 3 aromatic rings. The summed E-state index contributed by atoms with van der Waals surface area (Å²) < 4.78 is 3.10. The van der Waals surface area contributed by atoms with E-state index in [1.54, 1.807) is 31.0 Å². The van der Waals surface area contributed by atoms with Crippen molar-refractivity contribution in [3.05, 3.63) is 52.7 Å². The first kappa shape index (κ1) is 18.2. The van der Waals surface area contributed by atoms with Crippen LogP contribution in [0, 0.1) is 6.92 Å². The van der Waals surface area contributed by atoms with Crippen LogP contribution in [0.4, 0.5) is 5.82 Å². The van der Waals surface area contributed by atoms with Gasteiger partial charge in [-0.15, -0.1) is 0 Å². The van der Waals surface area contributed by atoms with E-state index in [1.807, 2.05) is 36.1 Å². The van der Waals surface area contributed by atoms with E-state index in [9.17, 15) is 9.59 Å². The summed E-state index contributed by atoms with van der Waals surface area (Å²) in [5.41, 5.74) is 1.15. The fourth-order valence-corrected chi connectivity index (χ4v) is 3.86. The van der Waals surface area contributed by atoms with Crippen molar-refractivity contribution in [2.45, 2.75) is 19.9 Å². The van der Waals surface area contributed by atoms with Crippen LogP contribution in [0.25, 0.3) is 10.9 Å². The lowest BCUT2D eigenvalue weighted by molar-refractivity contribution is -0.134. The Bertz CT molecular complexity index is 1060. The summed E-state index contributed by atoms with van der Waals surface area (Å²) in [4.78, 5) is 34.3. The third kappa shape index (κ3) is 3.04. The van der Waals surface area contributed by atoms with Crippen molar-refractivity contribution in [3.8, 4) is 0 Å². The number of pyridine rings is 2. The zero-order chi connectivity index (χ0) is 19.8. The zero-order valence-electron chi connectivity index (χ0n) is 16.4. The molecule has 0 radical (unpaired) electrons. The van der Waals surface area contributed by atoms with Crippen LogP contribution in [0.15, 0.2) is 41.5 Å². The molecule has 0 aromatic carbocycles. The molecule has 8 heteroatoms. The third-order valence-corrected chi connectivity index (χ3v) is 5.45. The molecule has 1 aliphatic heterocycles. The highest BCUT2D eigenvalue weighted by Gasteiger charge is 2.27. The van der Waals surface area contributed by atoms with Crippen molar-refractivity contribution in [2.24, 2.45) is 7.05 Å². The molecule has 0 spiro atoms. The lowest BCUT2D eigenvalue weighted by Gasteiger charge is -2.36. The van der Waals surface area contributed by atoms with Gasteiger partial charge in [-0.25, -0.2) is 4.98 Å². The maximum Gasteiger partial charge on any atom is 0.277 e. The number of amides is 1. The van der Waals surface area contributed by atoms with E-state index in [-0.39, 0.29) is 11.5 Å². The third-order valence-electron chi connectivity index (χ3n) is 5.45. The van der Waals surface area contributed by atoms with E-state index in [1.165, 1.54) is 4.57 Å². The molecule has 1 fully saturated rings. The normalized spacial score (nSPS) is 15.8. The average Bonchev–Trinajstić information content (AvgIpc) is 3.02. The lowest BCUT2D eigenvalue weighted by Crippen LogP contribution is -2.51. The number of carbonyl (C=O) groups excluding carboxylic acids is 1. The van der Waals surface area contributed by atoms with E-state index >= 15 is 0 Å². The van der Waals surface area contributed by atoms with Crippen molar-refractivity contribution in [1.29, 1.82) is 0 Å². The Hall–Kier alpha value is -3.16. The SMILES string of the molecule is Cc1nn(C)c2c(=O)n(C(C)C(=O)N3CCN(c4ccccn4)CC3)ccc12. The first-order valence-corrected chi connectivity index (χ1v) is 9.46. The molecule has 4 rings (SSSR count). The van der Waals surface area contributed by atoms with E-state index in [0.29, 0.717) is 18.6 Å². The predicted octanol–water partition coefficient (Wildman–Crippen LogP) is 1.35. The Morgan fingerprint density at radius 3 is 2.57 bits per heavy atom. The summed E-state index contributed by atoms with van der Waals surface area (Å²) in [5, 5.41) is 5.15. The molecule has 4 heterocycles. The largest absolute Gasteiger partial charge is 0.353 e. The van der Waals surface area contributed by atoms with Gasteiger partial charge in [0.1, 0.15) is 17.4 Å². The Labute approximate surface area is 163 Å². The van der Waals surface area contributed by atoms with Gasteiger partial charge in [0.25, 0.3) is 5.56 Å². The molecule has 1 unspecified atom stereocenters. The van der Waals surface area contributed by atoms with E-state index in [0.717, 1.165) is 30.0 Å². The second-order valence-electron chi connectivity index (χ2n) is 7.18. The lowest BCUT2D eigenvalue weighted by atomic mass is 10.2.